The predicted molar refractivity (Wildman–Crippen MR) is 100.0 cm³/mol. The van der Waals surface area contributed by atoms with Gasteiger partial charge in [-0.2, -0.15) is 4.31 Å². The van der Waals surface area contributed by atoms with Crippen LogP contribution in [0.5, 0.6) is 5.75 Å². The summed E-state index contributed by atoms with van der Waals surface area (Å²) in [6.45, 7) is 3.91. The van der Waals surface area contributed by atoms with Crippen LogP contribution >= 0.6 is 0 Å². The van der Waals surface area contributed by atoms with Gasteiger partial charge in [0, 0.05) is 31.2 Å². The number of hydrogen-bond donors (Lipinski definition) is 0. The Balaban J connectivity index is 1.96. The van der Waals surface area contributed by atoms with Crippen LogP contribution in [0.1, 0.15) is 55.8 Å². The fourth-order valence-electron chi connectivity index (χ4n) is 3.85. The van der Waals surface area contributed by atoms with E-state index in [1.165, 1.54) is 13.2 Å². The van der Waals surface area contributed by atoms with E-state index in [0.717, 1.165) is 51.6 Å². The molecule has 2 saturated heterocycles. The summed E-state index contributed by atoms with van der Waals surface area (Å²) in [6, 6.07) is 4.71. The van der Waals surface area contributed by atoms with E-state index in [1.807, 2.05) is 11.8 Å². The number of hydrogen-bond acceptors (Lipinski definition) is 4. The fourth-order valence-corrected chi connectivity index (χ4v) is 5.73. The first-order valence-electron chi connectivity index (χ1n) is 9.44. The summed E-state index contributed by atoms with van der Waals surface area (Å²) in [7, 11) is -2.24. The van der Waals surface area contributed by atoms with Gasteiger partial charge in [-0.3, -0.25) is 4.79 Å². The van der Waals surface area contributed by atoms with E-state index in [2.05, 4.69) is 0 Å². The molecule has 1 aromatic rings. The van der Waals surface area contributed by atoms with Crippen molar-refractivity contribution in [1.82, 2.24) is 9.21 Å². The molecule has 144 valence electrons. The van der Waals surface area contributed by atoms with Gasteiger partial charge in [0.05, 0.1) is 7.11 Å². The van der Waals surface area contributed by atoms with Crippen LogP contribution in [-0.2, 0) is 10.0 Å². The summed E-state index contributed by atoms with van der Waals surface area (Å²) in [5.74, 6) is 0.188. The number of ether oxygens (including phenoxy) is 1. The highest BCUT2D eigenvalue weighted by Crippen LogP contribution is 2.32. The van der Waals surface area contributed by atoms with Crippen LogP contribution in [0.2, 0.25) is 0 Å². The number of likely N-dealkylation sites (tertiary alicyclic amines) is 1. The molecule has 0 unspecified atom stereocenters. The lowest BCUT2D eigenvalue weighted by molar-refractivity contribution is 0.0724. The molecule has 0 saturated carbocycles. The number of benzene rings is 1. The minimum atomic E-state index is -3.70. The summed E-state index contributed by atoms with van der Waals surface area (Å²) in [6.07, 6.45) is 5.89. The van der Waals surface area contributed by atoms with Gasteiger partial charge in [0.2, 0.25) is 10.0 Å². The Morgan fingerprint density at radius 3 is 2.42 bits per heavy atom. The second kappa shape index (κ2) is 7.96. The number of sulfonamides is 1. The zero-order chi connectivity index (χ0) is 18.7. The van der Waals surface area contributed by atoms with Crippen molar-refractivity contribution >= 4 is 15.9 Å². The monoisotopic (exact) mass is 380 g/mol. The van der Waals surface area contributed by atoms with Crippen molar-refractivity contribution in [2.45, 2.75) is 56.4 Å². The molecule has 7 heteroatoms. The van der Waals surface area contributed by atoms with Gasteiger partial charge in [-0.1, -0.05) is 6.42 Å². The molecule has 2 heterocycles. The molecule has 6 nitrogen and oxygen atoms in total. The lowest BCUT2D eigenvalue weighted by atomic mass is 10.1. The fraction of sp³-hybridized carbons (Fsp3) is 0.632. The summed E-state index contributed by atoms with van der Waals surface area (Å²) >= 11 is 0. The normalized spacial score (nSPS) is 22.2. The van der Waals surface area contributed by atoms with Crippen molar-refractivity contribution in [2.75, 3.05) is 26.7 Å². The minimum Gasteiger partial charge on any atom is -0.495 e. The number of methoxy groups -OCH3 is 1. The van der Waals surface area contributed by atoms with Gasteiger partial charge >= 0.3 is 0 Å². The van der Waals surface area contributed by atoms with Gasteiger partial charge in [0.15, 0.2) is 0 Å². The lowest BCUT2D eigenvalue weighted by Crippen LogP contribution is -2.42. The molecule has 0 spiro atoms. The third-order valence-corrected chi connectivity index (χ3v) is 7.42. The van der Waals surface area contributed by atoms with Crippen LogP contribution in [0.25, 0.3) is 0 Å². The molecule has 0 bridgehead atoms. The molecule has 2 aliphatic rings. The molecule has 1 atom stereocenters. The van der Waals surface area contributed by atoms with Crippen molar-refractivity contribution in [2.24, 2.45) is 0 Å². The Morgan fingerprint density at radius 1 is 1.08 bits per heavy atom. The van der Waals surface area contributed by atoms with E-state index in [1.54, 1.807) is 16.4 Å². The highest BCUT2D eigenvalue weighted by atomic mass is 32.2. The standard InChI is InChI=1S/C19H28N2O4S/c1-15-8-4-7-13-21(15)26(23,24)18-14-16(9-10-17(18)25-2)19(22)20-11-5-3-6-12-20/h9-10,14-15H,3-8,11-13H2,1-2H3/t15-/m1/s1. The van der Waals surface area contributed by atoms with Gasteiger partial charge in [-0.25, -0.2) is 8.42 Å². The molecule has 0 radical (unpaired) electrons. The topological polar surface area (TPSA) is 66.9 Å². The average Bonchev–Trinajstić information content (AvgIpc) is 2.67. The van der Waals surface area contributed by atoms with E-state index in [9.17, 15) is 13.2 Å². The lowest BCUT2D eigenvalue weighted by Gasteiger charge is -2.33. The number of piperidine rings is 2. The second-order valence-electron chi connectivity index (χ2n) is 7.18. The van der Waals surface area contributed by atoms with Crippen molar-refractivity contribution in [3.05, 3.63) is 23.8 Å². The van der Waals surface area contributed by atoms with Crippen LogP contribution in [0.3, 0.4) is 0 Å². The third kappa shape index (κ3) is 3.74. The molecule has 1 amide bonds. The highest BCUT2D eigenvalue weighted by molar-refractivity contribution is 7.89. The van der Waals surface area contributed by atoms with Gasteiger partial charge < -0.3 is 9.64 Å². The maximum atomic E-state index is 13.2. The van der Waals surface area contributed by atoms with Gasteiger partial charge in [-0.15, -0.1) is 0 Å². The first-order valence-corrected chi connectivity index (χ1v) is 10.9. The summed E-state index contributed by atoms with van der Waals surface area (Å²) < 4.78 is 33.4. The molecular formula is C19H28N2O4S. The van der Waals surface area contributed by atoms with Crippen molar-refractivity contribution < 1.29 is 17.9 Å². The van der Waals surface area contributed by atoms with Crippen LogP contribution in [0, 0.1) is 0 Å². The van der Waals surface area contributed by atoms with E-state index in [0.29, 0.717) is 12.1 Å². The Kier molecular flexibility index (Phi) is 5.87. The van der Waals surface area contributed by atoms with Gasteiger partial charge in [0.1, 0.15) is 10.6 Å². The largest absolute Gasteiger partial charge is 0.495 e. The van der Waals surface area contributed by atoms with E-state index in [-0.39, 0.29) is 22.6 Å². The van der Waals surface area contributed by atoms with Crippen molar-refractivity contribution in [3.63, 3.8) is 0 Å². The Bertz CT molecular complexity index is 757. The Hall–Kier alpha value is -1.60. The molecular weight excluding hydrogens is 352 g/mol. The number of carbonyl (C=O) groups excluding carboxylic acids is 1. The summed E-state index contributed by atoms with van der Waals surface area (Å²) in [5, 5.41) is 0. The number of carbonyl (C=O) groups is 1. The smallest absolute Gasteiger partial charge is 0.253 e. The van der Waals surface area contributed by atoms with Crippen LogP contribution in [-0.4, -0.2) is 56.3 Å². The number of amides is 1. The van der Waals surface area contributed by atoms with Gasteiger partial charge in [-0.05, 0) is 57.2 Å². The molecule has 3 rings (SSSR count). The molecule has 0 aromatic heterocycles. The van der Waals surface area contributed by atoms with E-state index < -0.39 is 10.0 Å². The van der Waals surface area contributed by atoms with Crippen LogP contribution in [0.4, 0.5) is 0 Å². The summed E-state index contributed by atoms with van der Waals surface area (Å²) in [4.78, 5) is 14.7. The Morgan fingerprint density at radius 2 is 1.77 bits per heavy atom. The first kappa shape index (κ1) is 19.2. The van der Waals surface area contributed by atoms with E-state index in [4.69, 9.17) is 4.74 Å². The molecule has 2 aliphatic heterocycles. The van der Waals surface area contributed by atoms with Gasteiger partial charge in [0.25, 0.3) is 5.91 Å². The zero-order valence-electron chi connectivity index (χ0n) is 15.6. The van der Waals surface area contributed by atoms with E-state index >= 15 is 0 Å². The highest BCUT2D eigenvalue weighted by Gasteiger charge is 2.34. The maximum Gasteiger partial charge on any atom is 0.253 e. The molecule has 26 heavy (non-hydrogen) atoms. The average molecular weight is 381 g/mol. The third-order valence-electron chi connectivity index (χ3n) is 5.38. The Labute approximate surface area is 156 Å². The minimum absolute atomic E-state index is 0.0418. The van der Waals surface area contributed by atoms with Crippen molar-refractivity contribution in [3.8, 4) is 5.75 Å². The first-order chi connectivity index (χ1) is 12.4. The van der Waals surface area contributed by atoms with Crippen LogP contribution in [0.15, 0.2) is 23.1 Å². The SMILES string of the molecule is COc1ccc(C(=O)N2CCCCC2)cc1S(=O)(=O)N1CCCC[C@H]1C. The number of nitrogens with zero attached hydrogens (tertiary/aromatic N) is 2. The maximum absolute atomic E-state index is 13.2. The second-order valence-corrected chi connectivity index (χ2v) is 9.04. The molecule has 2 fully saturated rings. The van der Waals surface area contributed by atoms with Crippen LogP contribution < -0.4 is 4.74 Å². The molecule has 0 N–H and O–H groups in total. The predicted octanol–water partition coefficient (Wildman–Crippen LogP) is 2.88. The van der Waals surface area contributed by atoms with Crippen molar-refractivity contribution in [1.29, 1.82) is 0 Å². The molecule has 1 aromatic carbocycles. The number of rotatable bonds is 4. The quantitative estimate of drug-likeness (QED) is 0.806. The molecule has 0 aliphatic carbocycles. The zero-order valence-corrected chi connectivity index (χ0v) is 16.4. The summed E-state index contributed by atoms with van der Waals surface area (Å²) in [5.41, 5.74) is 0.413.